The van der Waals surface area contributed by atoms with Gasteiger partial charge in [-0.3, -0.25) is 4.79 Å². The number of methoxy groups -OCH3 is 1. The molecule has 0 unspecified atom stereocenters. The second-order valence-electron chi connectivity index (χ2n) is 3.12. The zero-order valence-electron chi connectivity index (χ0n) is 9.19. The van der Waals surface area contributed by atoms with Crippen molar-refractivity contribution in [3.05, 3.63) is 42.1 Å². The smallest absolute Gasteiger partial charge is 0.339 e. The minimum Gasteiger partial charge on any atom is -0.465 e. The molecule has 0 aliphatic heterocycles. The molecule has 0 bridgehead atoms. The number of amides is 1. The minimum atomic E-state index is -0.486. The minimum absolute atomic E-state index is 0.239. The summed E-state index contributed by atoms with van der Waals surface area (Å²) in [7, 11) is 1.30. The summed E-state index contributed by atoms with van der Waals surface area (Å²) >= 11 is 0. The zero-order valence-corrected chi connectivity index (χ0v) is 9.19. The third-order valence-electron chi connectivity index (χ3n) is 1.91. The van der Waals surface area contributed by atoms with E-state index < -0.39 is 5.97 Å². The molecule has 0 radical (unpaired) electrons. The van der Waals surface area contributed by atoms with E-state index in [9.17, 15) is 9.59 Å². The molecule has 16 heavy (non-hydrogen) atoms. The predicted octanol–water partition coefficient (Wildman–Crippen LogP) is 1.34. The molecule has 0 aliphatic rings. The average Bonchev–Trinajstić information content (AvgIpc) is 2.30. The van der Waals surface area contributed by atoms with Crippen LogP contribution < -0.4 is 5.32 Å². The Bertz CT molecular complexity index is 410. The largest absolute Gasteiger partial charge is 0.465 e. The molecule has 0 saturated carbocycles. The number of esters is 1. The van der Waals surface area contributed by atoms with Crippen LogP contribution in [0.15, 0.2) is 36.5 Å². The highest BCUT2D eigenvalue weighted by Crippen LogP contribution is 2.14. The van der Waals surface area contributed by atoms with Crippen LogP contribution in [0.2, 0.25) is 0 Å². The standard InChI is InChI=1S/C12H13NO3/c1-9(14)13-8-11(12(15)16-2)10-6-4-3-5-7-10/h3-8H,1-2H3,(H,13,14)/b11-8-. The van der Waals surface area contributed by atoms with Crippen molar-refractivity contribution in [2.24, 2.45) is 0 Å². The van der Waals surface area contributed by atoms with Crippen LogP contribution in [-0.2, 0) is 14.3 Å². The van der Waals surface area contributed by atoms with Crippen molar-refractivity contribution < 1.29 is 14.3 Å². The fourth-order valence-corrected chi connectivity index (χ4v) is 1.16. The highest BCUT2D eigenvalue weighted by Gasteiger charge is 2.11. The molecule has 1 aromatic rings. The Hall–Kier alpha value is -2.10. The Kier molecular flexibility index (Phi) is 4.27. The Labute approximate surface area is 93.9 Å². The summed E-state index contributed by atoms with van der Waals surface area (Å²) in [6.07, 6.45) is 1.35. The molecule has 0 saturated heterocycles. The van der Waals surface area contributed by atoms with Gasteiger partial charge in [0.1, 0.15) is 0 Å². The molecule has 1 amide bonds. The van der Waals surface area contributed by atoms with Gasteiger partial charge in [-0.2, -0.15) is 0 Å². The van der Waals surface area contributed by atoms with Crippen LogP contribution in [-0.4, -0.2) is 19.0 Å². The van der Waals surface area contributed by atoms with E-state index in [0.29, 0.717) is 11.1 Å². The first-order valence-electron chi connectivity index (χ1n) is 4.76. The molecule has 0 atom stereocenters. The maximum Gasteiger partial charge on any atom is 0.339 e. The molecule has 4 nitrogen and oxygen atoms in total. The van der Waals surface area contributed by atoms with Gasteiger partial charge in [0.25, 0.3) is 0 Å². The van der Waals surface area contributed by atoms with Crippen LogP contribution in [0.3, 0.4) is 0 Å². The maximum atomic E-state index is 11.5. The number of nitrogens with one attached hydrogen (secondary N) is 1. The molecular formula is C12H13NO3. The van der Waals surface area contributed by atoms with E-state index in [-0.39, 0.29) is 5.91 Å². The summed E-state index contributed by atoms with van der Waals surface area (Å²) in [5, 5.41) is 2.46. The molecule has 0 aliphatic carbocycles. The van der Waals surface area contributed by atoms with Crippen molar-refractivity contribution in [2.75, 3.05) is 7.11 Å². The number of rotatable bonds is 3. The van der Waals surface area contributed by atoms with E-state index in [1.165, 1.54) is 20.2 Å². The summed E-state index contributed by atoms with van der Waals surface area (Å²) in [6.45, 7) is 1.37. The molecule has 0 spiro atoms. The van der Waals surface area contributed by atoms with Crippen LogP contribution in [0.5, 0.6) is 0 Å². The van der Waals surface area contributed by atoms with E-state index in [2.05, 4.69) is 10.1 Å². The Morgan fingerprint density at radius 3 is 2.38 bits per heavy atom. The molecule has 4 heteroatoms. The summed E-state index contributed by atoms with van der Waals surface area (Å²) in [6, 6.07) is 8.99. The van der Waals surface area contributed by atoms with Crippen LogP contribution in [0, 0.1) is 0 Å². The van der Waals surface area contributed by atoms with E-state index in [1.807, 2.05) is 6.07 Å². The number of hydrogen-bond acceptors (Lipinski definition) is 3. The van der Waals surface area contributed by atoms with Crippen molar-refractivity contribution in [2.45, 2.75) is 6.92 Å². The number of hydrogen-bond donors (Lipinski definition) is 1. The van der Waals surface area contributed by atoms with Crippen LogP contribution in [0.25, 0.3) is 5.57 Å². The van der Waals surface area contributed by atoms with Gasteiger partial charge in [0.15, 0.2) is 0 Å². The van der Waals surface area contributed by atoms with Gasteiger partial charge in [-0.1, -0.05) is 30.3 Å². The highest BCUT2D eigenvalue weighted by molar-refractivity contribution is 6.16. The van der Waals surface area contributed by atoms with Gasteiger partial charge >= 0.3 is 5.97 Å². The summed E-state index contributed by atoms with van der Waals surface area (Å²) in [4.78, 5) is 22.3. The van der Waals surface area contributed by atoms with Gasteiger partial charge in [0, 0.05) is 13.1 Å². The second-order valence-corrected chi connectivity index (χ2v) is 3.12. The number of ether oxygens (including phenoxy) is 1. The molecule has 1 rings (SSSR count). The van der Waals surface area contributed by atoms with E-state index >= 15 is 0 Å². The van der Waals surface area contributed by atoms with Gasteiger partial charge in [-0.05, 0) is 5.56 Å². The molecule has 0 heterocycles. The Morgan fingerprint density at radius 2 is 1.88 bits per heavy atom. The summed E-state index contributed by atoms with van der Waals surface area (Å²) in [5.74, 6) is -0.725. The van der Waals surface area contributed by atoms with Gasteiger partial charge in [0.05, 0.1) is 12.7 Å². The van der Waals surface area contributed by atoms with Gasteiger partial charge in [-0.15, -0.1) is 0 Å². The van der Waals surface area contributed by atoms with Gasteiger partial charge in [0.2, 0.25) is 5.91 Å². The van der Waals surface area contributed by atoms with Gasteiger partial charge < -0.3 is 10.1 Å². The molecule has 84 valence electrons. The van der Waals surface area contributed by atoms with Crippen molar-refractivity contribution in [3.63, 3.8) is 0 Å². The molecule has 1 N–H and O–H groups in total. The molecule has 0 aromatic heterocycles. The first kappa shape index (κ1) is 12.0. The van der Waals surface area contributed by atoms with Crippen LogP contribution >= 0.6 is 0 Å². The lowest BCUT2D eigenvalue weighted by Crippen LogP contribution is -2.15. The number of benzene rings is 1. The topological polar surface area (TPSA) is 55.4 Å². The summed E-state index contributed by atoms with van der Waals surface area (Å²) in [5.41, 5.74) is 1.02. The van der Waals surface area contributed by atoms with E-state index in [1.54, 1.807) is 24.3 Å². The number of carbonyl (C=O) groups excluding carboxylic acids is 2. The lowest BCUT2D eigenvalue weighted by atomic mass is 10.1. The number of carbonyl (C=O) groups is 2. The van der Waals surface area contributed by atoms with Crippen molar-refractivity contribution >= 4 is 17.4 Å². The molecular weight excluding hydrogens is 206 g/mol. The van der Waals surface area contributed by atoms with Gasteiger partial charge in [-0.25, -0.2) is 4.79 Å². The lowest BCUT2D eigenvalue weighted by Gasteiger charge is -2.05. The first-order chi connectivity index (χ1) is 7.65. The monoisotopic (exact) mass is 219 g/mol. The maximum absolute atomic E-state index is 11.5. The molecule has 1 aromatic carbocycles. The quantitative estimate of drug-likeness (QED) is 0.616. The second kappa shape index (κ2) is 5.70. The third-order valence-corrected chi connectivity index (χ3v) is 1.91. The third kappa shape index (κ3) is 3.24. The lowest BCUT2D eigenvalue weighted by molar-refractivity contribution is -0.133. The Balaban J connectivity index is 3.01. The fourth-order valence-electron chi connectivity index (χ4n) is 1.16. The van der Waals surface area contributed by atoms with Crippen LogP contribution in [0.4, 0.5) is 0 Å². The average molecular weight is 219 g/mol. The van der Waals surface area contributed by atoms with Crippen LogP contribution in [0.1, 0.15) is 12.5 Å². The van der Waals surface area contributed by atoms with E-state index in [0.717, 1.165) is 0 Å². The normalized spacial score (nSPS) is 10.8. The fraction of sp³-hybridized carbons (Fsp3) is 0.167. The Morgan fingerprint density at radius 1 is 1.25 bits per heavy atom. The van der Waals surface area contributed by atoms with E-state index in [4.69, 9.17) is 0 Å². The predicted molar refractivity (Wildman–Crippen MR) is 60.3 cm³/mol. The zero-order chi connectivity index (χ0) is 12.0. The van der Waals surface area contributed by atoms with Crippen molar-refractivity contribution in [1.82, 2.24) is 5.32 Å². The van der Waals surface area contributed by atoms with Crippen molar-refractivity contribution in [3.8, 4) is 0 Å². The first-order valence-corrected chi connectivity index (χ1v) is 4.76. The SMILES string of the molecule is COC(=O)/C(=C\NC(C)=O)c1ccccc1. The highest BCUT2D eigenvalue weighted by atomic mass is 16.5. The molecule has 0 fully saturated rings. The summed E-state index contributed by atoms with van der Waals surface area (Å²) < 4.78 is 4.64. The van der Waals surface area contributed by atoms with Crippen molar-refractivity contribution in [1.29, 1.82) is 0 Å².